The Labute approximate surface area is 189 Å². The van der Waals surface area contributed by atoms with Crippen LogP contribution in [0.3, 0.4) is 0 Å². The second-order valence-corrected chi connectivity index (χ2v) is 8.83. The van der Waals surface area contributed by atoms with Crippen LogP contribution in [0.25, 0.3) is 0 Å². The second-order valence-electron chi connectivity index (χ2n) is 6.44. The summed E-state index contributed by atoms with van der Waals surface area (Å²) >= 11 is 0. The van der Waals surface area contributed by atoms with Crippen molar-refractivity contribution in [3.05, 3.63) is 0 Å². The van der Waals surface area contributed by atoms with Gasteiger partial charge < -0.3 is 13.3 Å². The monoisotopic (exact) mass is 601 g/mol. The molecule has 0 spiro atoms. The highest BCUT2D eigenvalue weighted by atomic mass is 28.4. The van der Waals surface area contributed by atoms with Crippen LogP contribution in [0.2, 0.25) is 0 Å². The van der Waals surface area contributed by atoms with Crippen molar-refractivity contribution in [3.8, 4) is 0 Å². The molecule has 0 aromatic rings. The van der Waals surface area contributed by atoms with Gasteiger partial charge in [-0.25, -0.2) is 0 Å². The first-order valence-electron chi connectivity index (χ1n) is 8.72. The largest absolute Gasteiger partial charge is 0.602 e. The highest BCUT2D eigenvalue weighted by molar-refractivity contribution is 6.57. The lowest BCUT2D eigenvalue weighted by Crippen LogP contribution is -2.71. The molecule has 0 rings (SSSR count). The average molecular weight is 601 g/mol. The molecule has 0 aromatic heterocycles. The molecule has 0 saturated carbocycles. The summed E-state index contributed by atoms with van der Waals surface area (Å²) < 4.78 is 243. The van der Waals surface area contributed by atoms with Crippen LogP contribution in [0, 0.1) is 0 Å². The van der Waals surface area contributed by atoms with Gasteiger partial charge in [0, 0.05) is 0 Å². The van der Waals surface area contributed by atoms with E-state index >= 15 is 0 Å². The summed E-state index contributed by atoms with van der Waals surface area (Å²) in [5.74, 6) is 0. The van der Waals surface area contributed by atoms with Crippen molar-refractivity contribution in [1.29, 1.82) is 0 Å². The molecule has 0 atom stereocenters. The number of rotatable bonds is 9. The Bertz CT molecular complexity index is 564. The molecule has 0 N–H and O–H groups in total. The van der Waals surface area contributed by atoms with Crippen LogP contribution >= 0.6 is 0 Å². The summed E-state index contributed by atoms with van der Waals surface area (Å²) in [5.41, 5.74) is 0. The van der Waals surface area contributed by atoms with Crippen molar-refractivity contribution >= 4 is 8.97 Å². The smallest absolute Gasteiger partial charge is 0.340 e. The van der Waals surface area contributed by atoms with E-state index in [2.05, 4.69) is 13.3 Å². The van der Waals surface area contributed by atoms with Gasteiger partial charge in [0.1, 0.15) is 0 Å². The van der Waals surface area contributed by atoms with E-state index < -0.39 is 82.0 Å². The van der Waals surface area contributed by atoms with E-state index in [0.717, 1.165) is 0 Å². The van der Waals surface area contributed by atoms with E-state index in [1.165, 1.54) is 0 Å². The van der Waals surface area contributed by atoms with Crippen molar-refractivity contribution in [2.75, 3.05) is 13.1 Å². The van der Waals surface area contributed by atoms with Gasteiger partial charge in [-0.05, 0) is 13.1 Å². The van der Waals surface area contributed by atoms with Crippen LogP contribution < -0.4 is 0 Å². The third-order valence-corrected chi connectivity index (χ3v) is 6.74. The second kappa shape index (κ2) is 10.9. The van der Waals surface area contributed by atoms with Gasteiger partial charge in [0.25, 0.3) is 0 Å². The molecule has 4 nitrogen and oxygen atoms in total. The molecule has 0 aliphatic heterocycles. The number of hydrogen-bond acceptors (Lipinski definition) is 4. The highest BCUT2D eigenvalue weighted by Crippen LogP contribution is 2.45. The maximum absolute atomic E-state index is 13.0. The van der Waals surface area contributed by atoms with Crippen molar-refractivity contribution in [3.63, 3.8) is 0 Å². The van der Waals surface area contributed by atoms with Crippen molar-refractivity contribution in [1.82, 2.24) is 4.57 Å². The van der Waals surface area contributed by atoms with Crippen LogP contribution in [0.15, 0.2) is 0 Å². The molecule has 0 aliphatic rings. The molecular formula is C13H13F18NO3Si. The quantitative estimate of drug-likeness (QED) is 0.230. The number of alkyl halides is 18. The fourth-order valence-corrected chi connectivity index (χ4v) is 5.41. The molecule has 0 bridgehead atoms. The first-order chi connectivity index (χ1) is 15.5. The van der Waals surface area contributed by atoms with E-state index in [4.69, 9.17) is 0 Å². The summed E-state index contributed by atoms with van der Waals surface area (Å²) in [7, 11) is -7.76. The Balaban J connectivity index is 7.48. The maximum atomic E-state index is 13.0. The van der Waals surface area contributed by atoms with Crippen LogP contribution in [0.5, 0.6) is 0 Å². The lowest BCUT2D eigenvalue weighted by atomic mass is 10.3. The predicted molar refractivity (Wildman–Crippen MR) is 79.6 cm³/mol. The molecule has 23 heteroatoms. The van der Waals surface area contributed by atoms with Crippen LogP contribution in [-0.2, 0) is 13.3 Å². The minimum atomic E-state index is -7.76. The van der Waals surface area contributed by atoms with Gasteiger partial charge in [0.2, 0.25) is 18.3 Å². The van der Waals surface area contributed by atoms with E-state index in [-0.39, 0.29) is 0 Å². The zero-order valence-electron chi connectivity index (χ0n) is 17.1. The zero-order chi connectivity index (χ0) is 29.3. The molecule has 0 fully saturated rings. The molecule has 218 valence electrons. The van der Waals surface area contributed by atoms with Gasteiger partial charge in [-0.3, -0.25) is 4.57 Å². The highest BCUT2D eigenvalue weighted by Gasteiger charge is 2.72. The van der Waals surface area contributed by atoms with Crippen LogP contribution in [0.4, 0.5) is 79.0 Å². The van der Waals surface area contributed by atoms with Crippen LogP contribution in [0.1, 0.15) is 13.8 Å². The molecule has 0 heterocycles. The summed E-state index contributed by atoms with van der Waals surface area (Å²) in [6.45, 7) is -1.75. The third kappa shape index (κ3) is 9.27. The first-order valence-corrected chi connectivity index (χ1v) is 10.4. The molecule has 0 aliphatic carbocycles. The lowest BCUT2D eigenvalue weighted by molar-refractivity contribution is -0.348. The van der Waals surface area contributed by atoms with Crippen molar-refractivity contribution in [2.24, 2.45) is 0 Å². The SMILES string of the molecule is CCN(CC)[Si](OC(C(F)(F)F)C(F)(F)F)(OC(C(F)(F)F)C(F)(F)F)OC(C(F)(F)F)C(F)(F)F. The fourth-order valence-electron chi connectivity index (χ4n) is 2.32. The standard InChI is InChI=1S/C13H13F18NO3Si/c1-3-32(4-2)36(33-5(8(14,15)16)9(17,18)19,34-6(10(20,21)22)11(23,24)25)35-7(12(26,27)28)13(29,30)31/h5-7H,3-4H2,1-2H3. The van der Waals surface area contributed by atoms with Crippen molar-refractivity contribution < 1.29 is 92.3 Å². The number of halogens is 18. The van der Waals surface area contributed by atoms with Crippen molar-refractivity contribution in [2.45, 2.75) is 69.2 Å². The molecular weight excluding hydrogens is 588 g/mol. The minimum absolute atomic E-state index is 0.518. The molecule has 0 radical (unpaired) electrons. The molecule has 0 unspecified atom stereocenters. The summed E-state index contributed by atoms with van der Waals surface area (Å²) in [6, 6.07) is 0. The van der Waals surface area contributed by atoms with E-state index in [9.17, 15) is 79.0 Å². The maximum Gasteiger partial charge on any atom is 0.602 e. The van der Waals surface area contributed by atoms with E-state index in [1.54, 1.807) is 0 Å². The normalized spacial score (nSPS) is 15.7. The van der Waals surface area contributed by atoms with Gasteiger partial charge >= 0.3 is 46.0 Å². The lowest BCUT2D eigenvalue weighted by Gasteiger charge is -2.43. The molecule has 0 saturated heterocycles. The third-order valence-electron chi connectivity index (χ3n) is 3.73. The van der Waals surface area contributed by atoms with Gasteiger partial charge in [0.15, 0.2) is 0 Å². The van der Waals surface area contributed by atoms with Gasteiger partial charge in [-0.2, -0.15) is 79.0 Å². The fraction of sp³-hybridized carbons (Fsp3) is 1.00. The van der Waals surface area contributed by atoms with Gasteiger partial charge in [-0.1, -0.05) is 13.8 Å². The van der Waals surface area contributed by atoms with E-state index in [1.807, 2.05) is 0 Å². The Morgan fingerprint density at radius 2 is 0.611 bits per heavy atom. The molecule has 36 heavy (non-hydrogen) atoms. The Kier molecular flexibility index (Phi) is 10.5. The topological polar surface area (TPSA) is 30.9 Å². The zero-order valence-corrected chi connectivity index (χ0v) is 18.1. The molecule has 0 amide bonds. The summed E-state index contributed by atoms with van der Waals surface area (Å²) in [4.78, 5) is 0. The Morgan fingerprint density at radius 3 is 0.722 bits per heavy atom. The summed E-state index contributed by atoms with van der Waals surface area (Å²) in [6.07, 6.45) is -57.6. The van der Waals surface area contributed by atoms with Crippen LogP contribution in [-0.4, -0.2) is 82.0 Å². The number of nitrogens with zero attached hydrogens (tertiary/aromatic N) is 1. The number of hydrogen-bond donors (Lipinski definition) is 0. The van der Waals surface area contributed by atoms with Gasteiger partial charge in [-0.15, -0.1) is 0 Å². The molecule has 0 aromatic carbocycles. The Morgan fingerprint density at radius 1 is 0.444 bits per heavy atom. The minimum Gasteiger partial charge on any atom is -0.340 e. The average Bonchev–Trinajstić information content (AvgIpc) is 2.56. The van der Waals surface area contributed by atoms with Gasteiger partial charge in [0.05, 0.1) is 0 Å². The predicted octanol–water partition coefficient (Wildman–Crippen LogP) is 6.29. The Hall–Kier alpha value is -1.20. The van der Waals surface area contributed by atoms with E-state index in [0.29, 0.717) is 13.8 Å². The summed E-state index contributed by atoms with van der Waals surface area (Å²) in [5, 5.41) is 0. The first kappa shape index (κ1) is 34.8.